The summed E-state index contributed by atoms with van der Waals surface area (Å²) in [7, 11) is 0. The molecule has 1 rings (SSSR count). The molecule has 0 unspecified atom stereocenters. The normalized spacial score (nSPS) is 27.0. The highest BCUT2D eigenvalue weighted by molar-refractivity contribution is 5.81. The SMILES string of the molecule is N[C@H]1CCCCCCCCCCNC1=O. The van der Waals surface area contributed by atoms with E-state index in [1.54, 1.807) is 0 Å². The molecule has 1 amide bonds. The van der Waals surface area contributed by atoms with E-state index in [0.717, 1.165) is 25.8 Å². The van der Waals surface area contributed by atoms with E-state index in [0.29, 0.717) is 0 Å². The fourth-order valence-electron chi connectivity index (χ4n) is 2.02. The van der Waals surface area contributed by atoms with E-state index in [4.69, 9.17) is 5.73 Å². The molecule has 15 heavy (non-hydrogen) atoms. The van der Waals surface area contributed by atoms with Crippen LogP contribution in [0, 0.1) is 0 Å². The van der Waals surface area contributed by atoms with Gasteiger partial charge in [0.15, 0.2) is 0 Å². The molecule has 88 valence electrons. The van der Waals surface area contributed by atoms with Crippen LogP contribution in [0.15, 0.2) is 0 Å². The van der Waals surface area contributed by atoms with Crippen molar-refractivity contribution in [3.8, 4) is 0 Å². The lowest BCUT2D eigenvalue weighted by atomic mass is 10.1. The molecule has 1 fully saturated rings. The molecule has 0 aromatic rings. The van der Waals surface area contributed by atoms with Crippen LogP contribution < -0.4 is 11.1 Å². The number of carbonyl (C=O) groups is 1. The summed E-state index contributed by atoms with van der Waals surface area (Å²) in [5.41, 5.74) is 5.79. The first kappa shape index (κ1) is 12.5. The van der Waals surface area contributed by atoms with Gasteiger partial charge in [-0.05, 0) is 12.8 Å². The van der Waals surface area contributed by atoms with Crippen molar-refractivity contribution in [3.05, 3.63) is 0 Å². The zero-order chi connectivity index (χ0) is 10.9. The largest absolute Gasteiger partial charge is 0.355 e. The Kier molecular flexibility index (Phi) is 6.41. The molecule has 1 atom stereocenters. The van der Waals surface area contributed by atoms with Gasteiger partial charge in [-0.3, -0.25) is 4.79 Å². The highest BCUT2D eigenvalue weighted by Crippen LogP contribution is 2.11. The number of rotatable bonds is 0. The third-order valence-electron chi connectivity index (χ3n) is 3.08. The lowest BCUT2D eigenvalue weighted by Crippen LogP contribution is -2.40. The maximum atomic E-state index is 11.5. The van der Waals surface area contributed by atoms with Gasteiger partial charge < -0.3 is 11.1 Å². The Morgan fingerprint density at radius 1 is 0.933 bits per heavy atom. The van der Waals surface area contributed by atoms with E-state index in [2.05, 4.69) is 5.32 Å². The fourth-order valence-corrected chi connectivity index (χ4v) is 2.02. The number of carbonyl (C=O) groups excluding carboxylic acids is 1. The average Bonchev–Trinajstić information content (AvgIpc) is 2.25. The van der Waals surface area contributed by atoms with Gasteiger partial charge in [0.1, 0.15) is 0 Å². The second-order valence-corrected chi connectivity index (χ2v) is 4.51. The van der Waals surface area contributed by atoms with Crippen molar-refractivity contribution in [1.29, 1.82) is 0 Å². The van der Waals surface area contributed by atoms with Crippen molar-refractivity contribution in [1.82, 2.24) is 5.32 Å². The van der Waals surface area contributed by atoms with Gasteiger partial charge >= 0.3 is 0 Å². The van der Waals surface area contributed by atoms with Crippen molar-refractivity contribution in [2.24, 2.45) is 5.73 Å². The highest BCUT2D eigenvalue weighted by atomic mass is 16.2. The monoisotopic (exact) mass is 212 g/mol. The van der Waals surface area contributed by atoms with Crippen LogP contribution in [0.1, 0.15) is 57.8 Å². The second-order valence-electron chi connectivity index (χ2n) is 4.51. The first-order chi connectivity index (χ1) is 7.30. The smallest absolute Gasteiger partial charge is 0.236 e. The van der Waals surface area contributed by atoms with Crippen molar-refractivity contribution < 1.29 is 4.79 Å². The number of nitrogens with two attached hydrogens (primary N) is 1. The molecule has 0 spiro atoms. The van der Waals surface area contributed by atoms with E-state index < -0.39 is 0 Å². The minimum atomic E-state index is -0.286. The summed E-state index contributed by atoms with van der Waals surface area (Å²) >= 11 is 0. The molecule has 3 N–H and O–H groups in total. The molecule has 0 bridgehead atoms. The van der Waals surface area contributed by atoms with Gasteiger partial charge in [0, 0.05) is 6.54 Å². The average molecular weight is 212 g/mol. The third kappa shape index (κ3) is 5.78. The Morgan fingerprint density at radius 2 is 1.47 bits per heavy atom. The van der Waals surface area contributed by atoms with E-state index >= 15 is 0 Å². The van der Waals surface area contributed by atoms with Crippen LogP contribution in [0.5, 0.6) is 0 Å². The van der Waals surface area contributed by atoms with E-state index in [1.807, 2.05) is 0 Å². The molecular weight excluding hydrogens is 188 g/mol. The van der Waals surface area contributed by atoms with Crippen molar-refractivity contribution in [2.45, 2.75) is 63.8 Å². The van der Waals surface area contributed by atoms with Gasteiger partial charge in [-0.2, -0.15) is 0 Å². The Bertz CT molecular complexity index is 182. The Labute approximate surface area is 92.8 Å². The molecule has 1 saturated heterocycles. The summed E-state index contributed by atoms with van der Waals surface area (Å²) in [6, 6.07) is -0.286. The van der Waals surface area contributed by atoms with Crippen LogP contribution in [0.2, 0.25) is 0 Å². The maximum absolute atomic E-state index is 11.5. The minimum absolute atomic E-state index is 0.0363. The first-order valence-corrected chi connectivity index (χ1v) is 6.34. The fraction of sp³-hybridized carbons (Fsp3) is 0.917. The van der Waals surface area contributed by atoms with Crippen LogP contribution in [-0.4, -0.2) is 18.5 Å². The van der Waals surface area contributed by atoms with E-state index in [9.17, 15) is 4.79 Å². The second kappa shape index (κ2) is 7.69. The van der Waals surface area contributed by atoms with Gasteiger partial charge in [0.25, 0.3) is 0 Å². The topological polar surface area (TPSA) is 55.1 Å². The molecule has 0 aromatic carbocycles. The Morgan fingerprint density at radius 3 is 2.13 bits per heavy atom. The van der Waals surface area contributed by atoms with Crippen LogP contribution in [0.25, 0.3) is 0 Å². The van der Waals surface area contributed by atoms with Gasteiger partial charge in [0.2, 0.25) is 5.91 Å². The highest BCUT2D eigenvalue weighted by Gasteiger charge is 2.12. The molecule has 3 nitrogen and oxygen atoms in total. The zero-order valence-corrected chi connectivity index (χ0v) is 9.63. The van der Waals surface area contributed by atoms with Crippen LogP contribution in [0.3, 0.4) is 0 Å². The summed E-state index contributed by atoms with van der Waals surface area (Å²) in [6.07, 6.45) is 10.8. The van der Waals surface area contributed by atoms with Crippen molar-refractivity contribution >= 4 is 5.91 Å². The quantitative estimate of drug-likeness (QED) is 0.645. The summed E-state index contributed by atoms with van der Waals surface area (Å²) in [5.74, 6) is 0.0363. The molecule has 0 aliphatic carbocycles. The molecule has 1 heterocycles. The zero-order valence-electron chi connectivity index (χ0n) is 9.63. The van der Waals surface area contributed by atoms with Crippen molar-refractivity contribution in [2.75, 3.05) is 6.54 Å². The summed E-state index contributed by atoms with van der Waals surface area (Å²) in [6.45, 7) is 0.798. The third-order valence-corrected chi connectivity index (χ3v) is 3.08. The van der Waals surface area contributed by atoms with Crippen LogP contribution in [-0.2, 0) is 4.79 Å². The predicted octanol–water partition coefficient (Wildman–Crippen LogP) is 1.95. The molecule has 1 aliphatic heterocycles. The number of hydrogen-bond donors (Lipinski definition) is 2. The maximum Gasteiger partial charge on any atom is 0.236 e. The van der Waals surface area contributed by atoms with Gasteiger partial charge in [-0.1, -0.05) is 44.9 Å². The molecule has 0 saturated carbocycles. The predicted molar refractivity (Wildman–Crippen MR) is 62.5 cm³/mol. The van der Waals surface area contributed by atoms with E-state index in [1.165, 1.54) is 38.5 Å². The van der Waals surface area contributed by atoms with Crippen LogP contribution >= 0.6 is 0 Å². The van der Waals surface area contributed by atoms with E-state index in [-0.39, 0.29) is 11.9 Å². The summed E-state index contributed by atoms with van der Waals surface area (Å²) in [4.78, 5) is 11.5. The molecule has 0 aromatic heterocycles. The van der Waals surface area contributed by atoms with Gasteiger partial charge in [-0.25, -0.2) is 0 Å². The standard InChI is InChI=1S/C12H24N2O/c13-11-9-7-5-3-1-2-4-6-8-10-14-12(11)15/h11H,1-10,13H2,(H,14,15)/t11-/m0/s1. The lowest BCUT2D eigenvalue weighted by Gasteiger charge is -2.11. The lowest BCUT2D eigenvalue weighted by molar-refractivity contribution is -0.122. The Hall–Kier alpha value is -0.570. The molecule has 1 aliphatic rings. The number of hydrogen-bond acceptors (Lipinski definition) is 2. The molecule has 3 heteroatoms. The molecular formula is C12H24N2O. The summed E-state index contributed by atoms with van der Waals surface area (Å²) < 4.78 is 0. The number of amides is 1. The van der Waals surface area contributed by atoms with Gasteiger partial charge in [-0.15, -0.1) is 0 Å². The Balaban J connectivity index is 2.27. The van der Waals surface area contributed by atoms with Crippen molar-refractivity contribution in [3.63, 3.8) is 0 Å². The van der Waals surface area contributed by atoms with Crippen LogP contribution in [0.4, 0.5) is 0 Å². The number of nitrogens with one attached hydrogen (secondary N) is 1. The minimum Gasteiger partial charge on any atom is -0.355 e. The van der Waals surface area contributed by atoms with Gasteiger partial charge in [0.05, 0.1) is 6.04 Å². The summed E-state index contributed by atoms with van der Waals surface area (Å²) in [5, 5.41) is 2.91. The first-order valence-electron chi connectivity index (χ1n) is 6.34. The molecule has 0 radical (unpaired) electrons.